The molecule has 0 spiro atoms. The summed E-state index contributed by atoms with van der Waals surface area (Å²) in [5.74, 6) is 1.55. The van der Waals surface area contributed by atoms with Crippen molar-refractivity contribution in [3.63, 3.8) is 0 Å². The maximum atomic E-state index is 5.65. The van der Waals surface area contributed by atoms with Crippen molar-refractivity contribution < 1.29 is 0 Å². The van der Waals surface area contributed by atoms with Gasteiger partial charge in [-0.15, -0.1) is 0 Å². The summed E-state index contributed by atoms with van der Waals surface area (Å²) in [6.07, 6.45) is 2.69. The van der Waals surface area contributed by atoms with E-state index in [9.17, 15) is 0 Å². The summed E-state index contributed by atoms with van der Waals surface area (Å²) >= 11 is 0. The van der Waals surface area contributed by atoms with Gasteiger partial charge in [-0.25, -0.2) is 4.98 Å². The van der Waals surface area contributed by atoms with Crippen LogP contribution in [-0.4, -0.2) is 30.6 Å². The normalized spacial score (nSPS) is 10.2. The molecule has 0 aliphatic rings. The van der Waals surface area contributed by atoms with Gasteiger partial charge in [0.25, 0.3) is 0 Å². The van der Waals surface area contributed by atoms with E-state index in [2.05, 4.69) is 15.3 Å². The van der Waals surface area contributed by atoms with Crippen molar-refractivity contribution in [1.29, 1.82) is 0 Å². The first kappa shape index (κ1) is 13.1. The van der Waals surface area contributed by atoms with E-state index in [4.69, 9.17) is 5.73 Å². The molecule has 0 unspecified atom stereocenters. The highest BCUT2D eigenvalue weighted by atomic mass is 15.2. The summed E-state index contributed by atoms with van der Waals surface area (Å²) in [5.41, 5.74) is 7.70. The van der Waals surface area contributed by atoms with Crippen LogP contribution in [0.4, 0.5) is 17.5 Å². The molecule has 100 valence electrons. The third-order valence-electron chi connectivity index (χ3n) is 2.74. The lowest BCUT2D eigenvalue weighted by Gasteiger charge is -2.11. The first-order valence-corrected chi connectivity index (χ1v) is 6.24. The van der Waals surface area contributed by atoms with Crippen molar-refractivity contribution in [2.45, 2.75) is 6.42 Å². The second kappa shape index (κ2) is 6.04. The molecule has 0 saturated heterocycles. The monoisotopic (exact) mass is 257 g/mol. The molecule has 3 N–H and O–H groups in total. The van der Waals surface area contributed by atoms with Gasteiger partial charge in [0.1, 0.15) is 5.82 Å². The van der Waals surface area contributed by atoms with Gasteiger partial charge in [-0.05, 0) is 30.2 Å². The van der Waals surface area contributed by atoms with Crippen LogP contribution in [0.25, 0.3) is 0 Å². The predicted molar refractivity (Wildman–Crippen MR) is 79.4 cm³/mol. The molecular weight excluding hydrogens is 238 g/mol. The van der Waals surface area contributed by atoms with Crippen molar-refractivity contribution in [3.05, 3.63) is 42.1 Å². The summed E-state index contributed by atoms with van der Waals surface area (Å²) < 4.78 is 0. The van der Waals surface area contributed by atoms with Crippen LogP contribution in [0.1, 0.15) is 5.56 Å². The molecule has 0 aliphatic heterocycles. The summed E-state index contributed by atoms with van der Waals surface area (Å²) in [5, 5.41) is 3.29. The Labute approximate surface area is 113 Å². The molecule has 0 amide bonds. The van der Waals surface area contributed by atoms with Crippen molar-refractivity contribution >= 4 is 17.5 Å². The Kier molecular flexibility index (Phi) is 4.18. The van der Waals surface area contributed by atoms with E-state index in [1.807, 2.05) is 49.3 Å². The molecule has 1 aromatic heterocycles. The first-order chi connectivity index (χ1) is 9.15. The molecule has 0 saturated carbocycles. The Hall–Kier alpha value is -2.30. The molecule has 0 bridgehead atoms. The molecule has 1 aromatic carbocycles. The SMILES string of the molecule is CN(C)c1nccc(NCCc2ccc(N)cc2)n1. The number of nitrogens with two attached hydrogens (primary N) is 1. The molecule has 0 aliphatic carbocycles. The summed E-state index contributed by atoms with van der Waals surface area (Å²) in [7, 11) is 3.85. The number of anilines is 3. The van der Waals surface area contributed by atoms with Crippen LogP contribution in [0.3, 0.4) is 0 Å². The van der Waals surface area contributed by atoms with Gasteiger partial charge in [-0.3, -0.25) is 0 Å². The van der Waals surface area contributed by atoms with Crippen molar-refractivity contribution in [1.82, 2.24) is 9.97 Å². The molecule has 19 heavy (non-hydrogen) atoms. The molecule has 2 rings (SSSR count). The Balaban J connectivity index is 1.88. The quantitative estimate of drug-likeness (QED) is 0.799. The average Bonchev–Trinajstić information content (AvgIpc) is 2.41. The van der Waals surface area contributed by atoms with Gasteiger partial charge in [0.15, 0.2) is 0 Å². The Bertz CT molecular complexity index is 522. The summed E-state index contributed by atoms with van der Waals surface area (Å²) in [4.78, 5) is 10.5. The number of nitrogens with zero attached hydrogens (tertiary/aromatic N) is 3. The van der Waals surface area contributed by atoms with Gasteiger partial charge in [0, 0.05) is 32.5 Å². The smallest absolute Gasteiger partial charge is 0.226 e. The standard InChI is InChI=1S/C14H19N5/c1-19(2)14-17-10-8-13(18-14)16-9-7-11-3-5-12(15)6-4-11/h3-6,8,10H,7,9,15H2,1-2H3,(H,16,17,18). The van der Waals surface area contributed by atoms with E-state index >= 15 is 0 Å². The highest BCUT2D eigenvalue weighted by molar-refractivity contribution is 5.41. The highest BCUT2D eigenvalue weighted by Crippen LogP contribution is 2.09. The van der Waals surface area contributed by atoms with E-state index in [1.54, 1.807) is 6.20 Å². The van der Waals surface area contributed by atoms with E-state index in [1.165, 1.54) is 5.56 Å². The summed E-state index contributed by atoms with van der Waals surface area (Å²) in [6.45, 7) is 0.827. The van der Waals surface area contributed by atoms with Crippen LogP contribution >= 0.6 is 0 Å². The molecule has 1 heterocycles. The zero-order valence-corrected chi connectivity index (χ0v) is 11.3. The van der Waals surface area contributed by atoms with Crippen LogP contribution in [0, 0.1) is 0 Å². The maximum absolute atomic E-state index is 5.65. The fraction of sp³-hybridized carbons (Fsp3) is 0.286. The second-order valence-electron chi connectivity index (χ2n) is 4.55. The van der Waals surface area contributed by atoms with Crippen LogP contribution in [0.15, 0.2) is 36.5 Å². The fourth-order valence-electron chi connectivity index (χ4n) is 1.68. The third kappa shape index (κ3) is 3.84. The Morgan fingerprint density at radius 2 is 1.89 bits per heavy atom. The Morgan fingerprint density at radius 1 is 1.16 bits per heavy atom. The van der Waals surface area contributed by atoms with Crippen molar-refractivity contribution in [2.75, 3.05) is 36.6 Å². The topological polar surface area (TPSA) is 67.1 Å². The second-order valence-corrected chi connectivity index (χ2v) is 4.55. The zero-order chi connectivity index (χ0) is 13.7. The van der Waals surface area contributed by atoms with E-state index in [-0.39, 0.29) is 0 Å². The minimum absolute atomic E-state index is 0.706. The Morgan fingerprint density at radius 3 is 2.58 bits per heavy atom. The number of rotatable bonds is 5. The molecule has 5 nitrogen and oxygen atoms in total. The van der Waals surface area contributed by atoms with Crippen LogP contribution < -0.4 is 16.0 Å². The van der Waals surface area contributed by atoms with Gasteiger partial charge in [-0.2, -0.15) is 4.98 Å². The number of hydrogen-bond acceptors (Lipinski definition) is 5. The van der Waals surface area contributed by atoms with E-state index in [0.29, 0.717) is 5.95 Å². The molecule has 0 fully saturated rings. The molecular formula is C14H19N5. The first-order valence-electron chi connectivity index (χ1n) is 6.24. The van der Waals surface area contributed by atoms with Crippen LogP contribution in [-0.2, 0) is 6.42 Å². The van der Waals surface area contributed by atoms with E-state index < -0.39 is 0 Å². The lowest BCUT2D eigenvalue weighted by Crippen LogP contribution is -2.14. The average molecular weight is 257 g/mol. The lowest BCUT2D eigenvalue weighted by atomic mass is 10.1. The van der Waals surface area contributed by atoms with Crippen molar-refractivity contribution in [2.24, 2.45) is 0 Å². The number of benzene rings is 1. The van der Waals surface area contributed by atoms with E-state index in [0.717, 1.165) is 24.5 Å². The van der Waals surface area contributed by atoms with Crippen molar-refractivity contribution in [3.8, 4) is 0 Å². The summed E-state index contributed by atoms with van der Waals surface area (Å²) in [6, 6.07) is 9.80. The molecule has 2 aromatic rings. The third-order valence-corrected chi connectivity index (χ3v) is 2.74. The maximum Gasteiger partial charge on any atom is 0.226 e. The van der Waals surface area contributed by atoms with Crippen LogP contribution in [0.2, 0.25) is 0 Å². The van der Waals surface area contributed by atoms with Gasteiger partial charge in [-0.1, -0.05) is 12.1 Å². The number of aromatic nitrogens is 2. The van der Waals surface area contributed by atoms with Gasteiger partial charge in [0.2, 0.25) is 5.95 Å². The number of nitrogen functional groups attached to an aromatic ring is 1. The van der Waals surface area contributed by atoms with Gasteiger partial charge >= 0.3 is 0 Å². The fourth-order valence-corrected chi connectivity index (χ4v) is 1.68. The number of hydrogen-bond donors (Lipinski definition) is 2. The molecule has 0 atom stereocenters. The predicted octanol–water partition coefficient (Wildman–Crippen LogP) is 1.78. The van der Waals surface area contributed by atoms with Crippen LogP contribution in [0.5, 0.6) is 0 Å². The van der Waals surface area contributed by atoms with Gasteiger partial charge < -0.3 is 16.0 Å². The minimum Gasteiger partial charge on any atom is -0.399 e. The highest BCUT2D eigenvalue weighted by Gasteiger charge is 2.00. The molecule has 0 radical (unpaired) electrons. The number of nitrogens with one attached hydrogen (secondary N) is 1. The lowest BCUT2D eigenvalue weighted by molar-refractivity contribution is 0.969. The zero-order valence-electron chi connectivity index (χ0n) is 11.3. The largest absolute Gasteiger partial charge is 0.399 e. The minimum atomic E-state index is 0.706. The molecule has 5 heteroatoms. The van der Waals surface area contributed by atoms with Gasteiger partial charge in [0.05, 0.1) is 0 Å².